The van der Waals surface area contributed by atoms with Gasteiger partial charge in [-0.25, -0.2) is 4.68 Å². The van der Waals surface area contributed by atoms with Gasteiger partial charge in [0.15, 0.2) is 0 Å². The molecule has 1 amide bonds. The van der Waals surface area contributed by atoms with Gasteiger partial charge < -0.3 is 11.1 Å². The second kappa shape index (κ2) is 4.68. The lowest BCUT2D eigenvalue weighted by Crippen LogP contribution is -2.40. The largest absolute Gasteiger partial charge is 0.351 e. The van der Waals surface area contributed by atoms with Crippen molar-refractivity contribution in [3.8, 4) is 0 Å². The highest BCUT2D eigenvalue weighted by Crippen LogP contribution is 2.44. The van der Waals surface area contributed by atoms with E-state index in [1.165, 1.54) is 25.7 Å². The Hall–Kier alpha value is -1.43. The Morgan fingerprint density at radius 3 is 2.61 bits per heavy atom. The maximum atomic E-state index is 12.0. The van der Waals surface area contributed by atoms with Gasteiger partial charge in [0.2, 0.25) is 5.91 Å². The SMILES string of the molecule is NCc1cn(CC(=O)NC(C2CC2)C2CC2)nn1. The van der Waals surface area contributed by atoms with E-state index in [0.717, 1.165) is 11.8 Å². The Bertz CT molecular complexity index is 423. The third kappa shape index (κ3) is 2.69. The average molecular weight is 249 g/mol. The second-order valence-electron chi connectivity index (χ2n) is 5.38. The van der Waals surface area contributed by atoms with E-state index in [4.69, 9.17) is 5.73 Å². The van der Waals surface area contributed by atoms with Gasteiger partial charge in [-0.2, -0.15) is 0 Å². The Morgan fingerprint density at radius 2 is 2.11 bits per heavy atom. The number of carbonyl (C=O) groups excluding carboxylic acids is 1. The summed E-state index contributed by atoms with van der Waals surface area (Å²) in [6, 6.07) is 0.398. The predicted octanol–water partition coefficient (Wildman–Crippen LogP) is 0.0416. The number of rotatable bonds is 6. The first-order valence-electron chi connectivity index (χ1n) is 6.64. The zero-order valence-corrected chi connectivity index (χ0v) is 10.4. The van der Waals surface area contributed by atoms with Gasteiger partial charge in [0.25, 0.3) is 0 Å². The van der Waals surface area contributed by atoms with Crippen LogP contribution in [-0.4, -0.2) is 26.9 Å². The molecular weight excluding hydrogens is 230 g/mol. The molecule has 1 heterocycles. The Labute approximate surface area is 106 Å². The third-order valence-electron chi connectivity index (χ3n) is 3.69. The molecule has 18 heavy (non-hydrogen) atoms. The molecule has 6 heteroatoms. The van der Waals surface area contributed by atoms with Gasteiger partial charge in [0, 0.05) is 12.6 Å². The molecule has 0 radical (unpaired) electrons. The van der Waals surface area contributed by atoms with Crippen molar-refractivity contribution in [3.63, 3.8) is 0 Å². The predicted molar refractivity (Wildman–Crippen MR) is 65.3 cm³/mol. The van der Waals surface area contributed by atoms with E-state index in [1.807, 2.05) is 0 Å². The van der Waals surface area contributed by atoms with Crippen LogP contribution in [0.1, 0.15) is 31.4 Å². The van der Waals surface area contributed by atoms with Crippen molar-refractivity contribution in [1.29, 1.82) is 0 Å². The molecule has 0 aromatic carbocycles. The standard InChI is InChI=1S/C12H19N5O/c13-5-10-6-17(16-15-10)7-11(18)14-12(8-1-2-8)9-3-4-9/h6,8-9,12H,1-5,7,13H2,(H,14,18). The fourth-order valence-corrected chi connectivity index (χ4v) is 2.42. The first-order chi connectivity index (χ1) is 8.76. The molecule has 0 saturated heterocycles. The number of carbonyl (C=O) groups is 1. The van der Waals surface area contributed by atoms with Gasteiger partial charge in [0.1, 0.15) is 6.54 Å². The number of hydrogen-bond acceptors (Lipinski definition) is 4. The van der Waals surface area contributed by atoms with Gasteiger partial charge in [0.05, 0.1) is 11.9 Å². The number of amides is 1. The number of nitrogens with two attached hydrogens (primary N) is 1. The van der Waals surface area contributed by atoms with Crippen LogP contribution in [0.4, 0.5) is 0 Å². The minimum absolute atomic E-state index is 0.0345. The van der Waals surface area contributed by atoms with Crippen LogP contribution in [0.3, 0.4) is 0 Å². The summed E-state index contributed by atoms with van der Waals surface area (Å²) in [6.07, 6.45) is 6.79. The van der Waals surface area contributed by atoms with E-state index in [1.54, 1.807) is 10.9 Å². The number of nitrogens with one attached hydrogen (secondary N) is 1. The third-order valence-corrected chi connectivity index (χ3v) is 3.69. The fraction of sp³-hybridized carbons (Fsp3) is 0.750. The molecule has 2 fully saturated rings. The Balaban J connectivity index is 1.54. The molecule has 6 nitrogen and oxygen atoms in total. The summed E-state index contributed by atoms with van der Waals surface area (Å²) in [6.45, 7) is 0.595. The van der Waals surface area contributed by atoms with E-state index in [2.05, 4.69) is 15.6 Å². The first kappa shape index (κ1) is 11.6. The monoisotopic (exact) mass is 249 g/mol. The van der Waals surface area contributed by atoms with Crippen molar-refractivity contribution < 1.29 is 4.79 Å². The molecule has 0 spiro atoms. The minimum atomic E-state index is 0.0345. The summed E-state index contributed by atoms with van der Waals surface area (Å²) in [5, 5.41) is 10.9. The van der Waals surface area contributed by atoms with Crippen molar-refractivity contribution in [2.24, 2.45) is 17.6 Å². The van der Waals surface area contributed by atoms with E-state index >= 15 is 0 Å². The molecule has 0 unspecified atom stereocenters. The molecular formula is C12H19N5O. The molecule has 2 saturated carbocycles. The van der Waals surface area contributed by atoms with Crippen molar-refractivity contribution in [3.05, 3.63) is 11.9 Å². The molecule has 1 aromatic rings. The second-order valence-corrected chi connectivity index (χ2v) is 5.38. The van der Waals surface area contributed by atoms with Crippen molar-refractivity contribution >= 4 is 5.91 Å². The maximum absolute atomic E-state index is 12.0. The van der Waals surface area contributed by atoms with Crippen LogP contribution < -0.4 is 11.1 Å². The highest BCUT2D eigenvalue weighted by molar-refractivity contribution is 5.76. The molecule has 0 bridgehead atoms. The van der Waals surface area contributed by atoms with Crippen LogP contribution in [0.15, 0.2) is 6.20 Å². The molecule has 2 aliphatic carbocycles. The fourth-order valence-electron chi connectivity index (χ4n) is 2.42. The van der Waals surface area contributed by atoms with Crippen LogP contribution >= 0.6 is 0 Å². The van der Waals surface area contributed by atoms with Gasteiger partial charge in [-0.05, 0) is 37.5 Å². The summed E-state index contributed by atoms with van der Waals surface area (Å²) in [4.78, 5) is 12.0. The number of nitrogens with zero attached hydrogens (tertiary/aromatic N) is 3. The van der Waals surface area contributed by atoms with Crippen LogP contribution in [0, 0.1) is 11.8 Å². The van der Waals surface area contributed by atoms with E-state index in [9.17, 15) is 4.79 Å². The van der Waals surface area contributed by atoms with Gasteiger partial charge in [-0.3, -0.25) is 4.79 Å². The normalized spacial score (nSPS) is 19.2. The molecule has 98 valence electrons. The molecule has 3 N–H and O–H groups in total. The van der Waals surface area contributed by atoms with Crippen LogP contribution in [-0.2, 0) is 17.9 Å². The van der Waals surface area contributed by atoms with Gasteiger partial charge in [-0.1, -0.05) is 5.21 Å². The van der Waals surface area contributed by atoms with Gasteiger partial charge >= 0.3 is 0 Å². The minimum Gasteiger partial charge on any atom is -0.351 e. The molecule has 0 aliphatic heterocycles. The zero-order chi connectivity index (χ0) is 12.5. The lowest BCUT2D eigenvalue weighted by atomic mass is 10.1. The van der Waals surface area contributed by atoms with E-state index in [-0.39, 0.29) is 12.5 Å². The maximum Gasteiger partial charge on any atom is 0.242 e. The average Bonchev–Trinajstić information content (AvgIpc) is 3.25. The summed E-state index contributed by atoms with van der Waals surface area (Å²) in [7, 11) is 0. The van der Waals surface area contributed by atoms with Crippen molar-refractivity contribution in [2.45, 2.75) is 44.8 Å². The molecule has 2 aliphatic rings. The topological polar surface area (TPSA) is 85.8 Å². The number of hydrogen-bond donors (Lipinski definition) is 2. The van der Waals surface area contributed by atoms with Gasteiger partial charge in [-0.15, -0.1) is 5.10 Å². The molecule has 1 aromatic heterocycles. The summed E-state index contributed by atoms with van der Waals surface area (Å²) < 4.78 is 1.55. The Kier molecular flexibility index (Phi) is 3.03. The lowest BCUT2D eigenvalue weighted by molar-refractivity contribution is -0.122. The van der Waals surface area contributed by atoms with Crippen molar-refractivity contribution in [1.82, 2.24) is 20.3 Å². The first-order valence-corrected chi connectivity index (χ1v) is 6.64. The van der Waals surface area contributed by atoms with Crippen LogP contribution in [0.2, 0.25) is 0 Å². The smallest absolute Gasteiger partial charge is 0.242 e. The summed E-state index contributed by atoms with van der Waals surface area (Å²) in [5.74, 6) is 1.47. The molecule has 0 atom stereocenters. The number of aromatic nitrogens is 3. The molecule has 3 rings (SSSR count). The summed E-state index contributed by atoms with van der Waals surface area (Å²) in [5.41, 5.74) is 6.17. The van der Waals surface area contributed by atoms with E-state index in [0.29, 0.717) is 18.3 Å². The van der Waals surface area contributed by atoms with Crippen LogP contribution in [0.5, 0.6) is 0 Å². The lowest BCUT2D eigenvalue weighted by Gasteiger charge is -2.17. The quantitative estimate of drug-likeness (QED) is 0.745. The van der Waals surface area contributed by atoms with E-state index < -0.39 is 0 Å². The van der Waals surface area contributed by atoms with Crippen molar-refractivity contribution in [2.75, 3.05) is 0 Å². The highest BCUT2D eigenvalue weighted by Gasteiger charge is 2.42. The highest BCUT2D eigenvalue weighted by atomic mass is 16.2. The van der Waals surface area contributed by atoms with Crippen LogP contribution in [0.25, 0.3) is 0 Å². The zero-order valence-electron chi connectivity index (χ0n) is 10.4. The Morgan fingerprint density at radius 1 is 1.44 bits per heavy atom. The summed E-state index contributed by atoms with van der Waals surface area (Å²) >= 11 is 0.